The fourth-order valence-corrected chi connectivity index (χ4v) is 1.32. The van der Waals surface area contributed by atoms with Crippen molar-refractivity contribution < 1.29 is 9.53 Å². The summed E-state index contributed by atoms with van der Waals surface area (Å²) in [5.41, 5.74) is 6.43. The molecule has 70 valence electrons. The Balaban J connectivity index is 3.30. The van der Waals surface area contributed by atoms with Gasteiger partial charge in [0.25, 0.3) is 0 Å². The van der Waals surface area contributed by atoms with Crippen LogP contribution in [-0.2, 0) is 0 Å². The van der Waals surface area contributed by atoms with E-state index in [4.69, 9.17) is 22.1 Å². The summed E-state index contributed by atoms with van der Waals surface area (Å²) in [4.78, 5) is 11.1. The molecule has 0 bridgehead atoms. The van der Waals surface area contributed by atoms with Crippen molar-refractivity contribution in [1.29, 1.82) is 0 Å². The van der Waals surface area contributed by atoms with Gasteiger partial charge in [0.1, 0.15) is 5.75 Å². The second-order valence-electron chi connectivity index (χ2n) is 2.63. The molecule has 0 aromatic heterocycles. The van der Waals surface area contributed by atoms with E-state index in [1.165, 1.54) is 20.1 Å². The first kappa shape index (κ1) is 9.86. The van der Waals surface area contributed by atoms with Crippen LogP contribution in [0, 0.1) is 0 Å². The zero-order chi connectivity index (χ0) is 10.0. The Kier molecular flexibility index (Phi) is 2.78. The van der Waals surface area contributed by atoms with E-state index in [0.29, 0.717) is 22.0 Å². The number of halogens is 1. The van der Waals surface area contributed by atoms with Crippen LogP contribution in [0.2, 0.25) is 5.02 Å². The lowest BCUT2D eigenvalue weighted by Crippen LogP contribution is -1.98. The highest BCUT2D eigenvalue weighted by molar-refractivity contribution is 6.34. The first-order valence-electron chi connectivity index (χ1n) is 3.70. The van der Waals surface area contributed by atoms with Gasteiger partial charge in [-0.15, -0.1) is 0 Å². The first-order chi connectivity index (χ1) is 6.06. The van der Waals surface area contributed by atoms with Crippen molar-refractivity contribution in [2.75, 3.05) is 12.8 Å². The highest BCUT2D eigenvalue weighted by Crippen LogP contribution is 2.28. The molecule has 1 rings (SSSR count). The van der Waals surface area contributed by atoms with E-state index >= 15 is 0 Å². The van der Waals surface area contributed by atoms with Gasteiger partial charge in [0.05, 0.1) is 17.8 Å². The maximum absolute atomic E-state index is 11.1. The van der Waals surface area contributed by atoms with Crippen LogP contribution in [0.3, 0.4) is 0 Å². The van der Waals surface area contributed by atoms with Crippen molar-refractivity contribution in [3.63, 3.8) is 0 Å². The average Bonchev–Trinajstić information content (AvgIpc) is 2.03. The number of Topliss-reactive ketones (excluding diaryl/α,β-unsaturated/α-hetero) is 1. The Bertz CT molecular complexity index is 350. The number of anilines is 1. The van der Waals surface area contributed by atoms with Crippen molar-refractivity contribution in [3.05, 3.63) is 22.7 Å². The van der Waals surface area contributed by atoms with E-state index in [0.717, 1.165) is 0 Å². The molecule has 3 nitrogen and oxygen atoms in total. The summed E-state index contributed by atoms with van der Waals surface area (Å²) in [7, 11) is 1.49. The van der Waals surface area contributed by atoms with Gasteiger partial charge in [-0.05, 0) is 19.1 Å². The average molecular weight is 200 g/mol. The van der Waals surface area contributed by atoms with E-state index in [1.54, 1.807) is 6.07 Å². The molecule has 0 amide bonds. The zero-order valence-electron chi connectivity index (χ0n) is 7.43. The molecule has 1 aromatic carbocycles. The Morgan fingerprint density at radius 2 is 2.15 bits per heavy atom. The zero-order valence-corrected chi connectivity index (χ0v) is 8.18. The minimum Gasteiger partial charge on any atom is -0.495 e. The van der Waals surface area contributed by atoms with Crippen molar-refractivity contribution >= 4 is 23.1 Å². The molecule has 0 fully saturated rings. The largest absolute Gasteiger partial charge is 0.495 e. The molecule has 1 aromatic rings. The van der Waals surface area contributed by atoms with Crippen LogP contribution in [0.4, 0.5) is 5.69 Å². The lowest BCUT2D eigenvalue weighted by Gasteiger charge is -2.07. The number of nitrogens with two attached hydrogens (primary N) is 1. The number of nitrogen functional groups attached to an aromatic ring is 1. The van der Waals surface area contributed by atoms with Crippen LogP contribution < -0.4 is 10.5 Å². The van der Waals surface area contributed by atoms with E-state index in [2.05, 4.69) is 0 Å². The molecule has 0 radical (unpaired) electrons. The molecular formula is C9H10ClNO2. The number of hydrogen-bond acceptors (Lipinski definition) is 3. The normalized spacial score (nSPS) is 9.77. The molecule has 0 aliphatic heterocycles. The quantitative estimate of drug-likeness (QED) is 0.587. The van der Waals surface area contributed by atoms with Crippen LogP contribution in [0.1, 0.15) is 17.3 Å². The fourth-order valence-electron chi connectivity index (χ4n) is 1.02. The van der Waals surface area contributed by atoms with Crippen molar-refractivity contribution in [2.24, 2.45) is 0 Å². The summed E-state index contributed by atoms with van der Waals surface area (Å²) >= 11 is 5.80. The highest BCUT2D eigenvalue weighted by Gasteiger charge is 2.09. The van der Waals surface area contributed by atoms with Gasteiger partial charge in [0.2, 0.25) is 0 Å². The predicted molar refractivity (Wildman–Crippen MR) is 52.4 cm³/mol. The number of rotatable bonds is 2. The van der Waals surface area contributed by atoms with Crippen LogP contribution in [-0.4, -0.2) is 12.9 Å². The van der Waals surface area contributed by atoms with Gasteiger partial charge in [0, 0.05) is 5.56 Å². The van der Waals surface area contributed by atoms with Gasteiger partial charge in [-0.1, -0.05) is 11.6 Å². The van der Waals surface area contributed by atoms with Crippen LogP contribution in [0.5, 0.6) is 5.75 Å². The van der Waals surface area contributed by atoms with Crippen molar-refractivity contribution in [1.82, 2.24) is 0 Å². The van der Waals surface area contributed by atoms with Gasteiger partial charge in [-0.25, -0.2) is 0 Å². The van der Waals surface area contributed by atoms with Gasteiger partial charge >= 0.3 is 0 Å². The summed E-state index contributed by atoms with van der Waals surface area (Å²) < 4.78 is 4.95. The molecule has 0 aliphatic rings. The van der Waals surface area contributed by atoms with E-state index in [-0.39, 0.29) is 5.78 Å². The third-order valence-electron chi connectivity index (χ3n) is 1.70. The fraction of sp³-hybridized carbons (Fsp3) is 0.222. The third-order valence-corrected chi connectivity index (χ3v) is 2.01. The summed E-state index contributed by atoms with van der Waals surface area (Å²) in [6.45, 7) is 1.44. The summed E-state index contributed by atoms with van der Waals surface area (Å²) in [6.07, 6.45) is 0. The van der Waals surface area contributed by atoms with Gasteiger partial charge in [-0.2, -0.15) is 0 Å². The van der Waals surface area contributed by atoms with Gasteiger partial charge < -0.3 is 10.5 Å². The molecule has 2 N–H and O–H groups in total. The molecule has 13 heavy (non-hydrogen) atoms. The van der Waals surface area contributed by atoms with Crippen LogP contribution >= 0.6 is 11.6 Å². The third kappa shape index (κ3) is 1.92. The second kappa shape index (κ2) is 3.66. The van der Waals surface area contributed by atoms with Crippen molar-refractivity contribution in [2.45, 2.75) is 6.92 Å². The van der Waals surface area contributed by atoms with Gasteiger partial charge in [0.15, 0.2) is 5.78 Å². The maximum atomic E-state index is 11.1. The first-order valence-corrected chi connectivity index (χ1v) is 4.08. The SMILES string of the molecule is COc1cc(C(C)=O)c(Cl)cc1N. The predicted octanol–water partition coefficient (Wildman–Crippen LogP) is 2.13. The summed E-state index contributed by atoms with van der Waals surface area (Å²) in [5.74, 6) is 0.359. The van der Waals surface area contributed by atoms with Crippen molar-refractivity contribution in [3.8, 4) is 5.75 Å². The minimum absolute atomic E-state index is 0.108. The maximum Gasteiger partial charge on any atom is 0.161 e. The Morgan fingerprint density at radius 1 is 1.54 bits per heavy atom. The number of ketones is 1. The van der Waals surface area contributed by atoms with E-state index < -0.39 is 0 Å². The monoisotopic (exact) mass is 199 g/mol. The van der Waals surface area contributed by atoms with E-state index in [1.807, 2.05) is 0 Å². The lowest BCUT2D eigenvalue weighted by molar-refractivity contribution is 0.101. The lowest BCUT2D eigenvalue weighted by atomic mass is 10.1. The molecule has 4 heteroatoms. The molecule has 0 heterocycles. The number of methoxy groups -OCH3 is 1. The molecule has 0 saturated heterocycles. The number of benzene rings is 1. The number of carbonyl (C=O) groups excluding carboxylic acids is 1. The van der Waals surface area contributed by atoms with E-state index in [9.17, 15) is 4.79 Å². The highest BCUT2D eigenvalue weighted by atomic mass is 35.5. The Labute approximate surface area is 81.4 Å². The molecule has 0 aliphatic carbocycles. The molecule has 0 atom stereocenters. The van der Waals surface area contributed by atoms with Crippen LogP contribution in [0.25, 0.3) is 0 Å². The summed E-state index contributed by atoms with van der Waals surface area (Å²) in [5, 5.41) is 0.353. The number of ether oxygens (including phenoxy) is 1. The Hall–Kier alpha value is -1.22. The molecule has 0 unspecified atom stereocenters. The standard InChI is InChI=1S/C9H10ClNO2/c1-5(12)6-3-9(13-2)8(11)4-7(6)10/h3-4H,11H2,1-2H3. The van der Waals surface area contributed by atoms with Gasteiger partial charge in [-0.3, -0.25) is 4.79 Å². The Morgan fingerprint density at radius 3 is 2.62 bits per heavy atom. The molecular weight excluding hydrogens is 190 g/mol. The molecule has 0 saturated carbocycles. The number of hydrogen-bond donors (Lipinski definition) is 1. The minimum atomic E-state index is -0.108. The molecule has 0 spiro atoms. The number of carbonyl (C=O) groups is 1. The second-order valence-corrected chi connectivity index (χ2v) is 3.04. The topological polar surface area (TPSA) is 52.3 Å². The smallest absolute Gasteiger partial charge is 0.161 e. The summed E-state index contributed by atoms with van der Waals surface area (Å²) in [6, 6.07) is 3.05. The van der Waals surface area contributed by atoms with Crippen LogP contribution in [0.15, 0.2) is 12.1 Å².